The quantitative estimate of drug-likeness (QED) is 0.0238. The molecule has 0 saturated carbocycles. The first-order chi connectivity index (χ1) is 30.8. The van der Waals surface area contributed by atoms with Gasteiger partial charge in [0, 0.05) is 19.4 Å². The molecule has 0 aromatic heterocycles. The van der Waals surface area contributed by atoms with Crippen molar-refractivity contribution in [2.45, 2.75) is 277 Å². The number of hydrogen-bond acceptors (Lipinski definition) is 7. The lowest BCUT2D eigenvalue weighted by atomic mass is 10.0. The van der Waals surface area contributed by atoms with Gasteiger partial charge in [0.1, 0.15) is 12.7 Å². The van der Waals surface area contributed by atoms with Gasteiger partial charge in [-0.25, -0.2) is 4.57 Å². The third kappa shape index (κ3) is 51.3. The van der Waals surface area contributed by atoms with Gasteiger partial charge in [0.15, 0.2) is 0 Å². The number of rotatable bonds is 51. The molecule has 1 amide bonds. The molecule has 0 fully saturated rings. The number of nitrogens with one attached hydrogen (secondary N) is 1. The van der Waals surface area contributed by atoms with Crippen LogP contribution in [-0.2, 0) is 27.9 Å². The van der Waals surface area contributed by atoms with Crippen LogP contribution in [0.2, 0.25) is 0 Å². The minimum absolute atomic E-state index is 0.0848. The molecule has 0 aliphatic carbocycles. The SMILES string of the molecule is CCCCCC/C=C\C/C=C\CCCCCCCCCC(=O)OCC(O)COP(=O)(O)OCCNC(=O)CCCCCCCCCCCCCCCCCCCCCCCCCC. The lowest BCUT2D eigenvalue weighted by molar-refractivity contribution is -0.147. The molecule has 0 spiro atoms. The smallest absolute Gasteiger partial charge is 0.463 e. The highest BCUT2D eigenvalue weighted by Crippen LogP contribution is 2.42. The Morgan fingerprint density at radius 1 is 0.492 bits per heavy atom. The predicted molar refractivity (Wildman–Crippen MR) is 266 cm³/mol. The van der Waals surface area contributed by atoms with E-state index in [1.807, 2.05) is 0 Å². The van der Waals surface area contributed by atoms with Crippen LogP contribution in [0.3, 0.4) is 0 Å². The Kier molecular flexibility index (Phi) is 48.7. The monoisotopic (exact) mass is 912 g/mol. The maximum atomic E-state index is 12.2. The van der Waals surface area contributed by atoms with E-state index in [2.05, 4.69) is 43.5 Å². The Bertz CT molecular complexity index is 1090. The van der Waals surface area contributed by atoms with Crippen LogP contribution < -0.4 is 5.32 Å². The van der Waals surface area contributed by atoms with E-state index < -0.39 is 26.5 Å². The molecular formula is C53H102NO8P. The fourth-order valence-electron chi connectivity index (χ4n) is 7.83. The molecule has 0 saturated heterocycles. The second-order valence-corrected chi connectivity index (χ2v) is 19.7. The number of phosphoric ester groups is 1. The van der Waals surface area contributed by atoms with E-state index in [0.29, 0.717) is 6.42 Å². The molecule has 0 rings (SSSR count). The summed E-state index contributed by atoms with van der Waals surface area (Å²) in [7, 11) is -4.42. The van der Waals surface area contributed by atoms with Crippen molar-refractivity contribution in [2.24, 2.45) is 0 Å². The van der Waals surface area contributed by atoms with Crippen molar-refractivity contribution >= 4 is 19.7 Å². The molecule has 0 aliphatic rings. The van der Waals surface area contributed by atoms with Gasteiger partial charge >= 0.3 is 13.8 Å². The number of aliphatic hydroxyl groups is 1. The van der Waals surface area contributed by atoms with E-state index in [9.17, 15) is 24.2 Å². The summed E-state index contributed by atoms with van der Waals surface area (Å²) in [6.07, 6.45) is 57.0. The normalized spacial score (nSPS) is 13.3. The zero-order valence-electron chi connectivity index (χ0n) is 41.3. The summed E-state index contributed by atoms with van der Waals surface area (Å²) in [5.41, 5.74) is 0. The van der Waals surface area contributed by atoms with Crippen molar-refractivity contribution in [2.75, 3.05) is 26.4 Å². The molecule has 2 atom stereocenters. The lowest BCUT2D eigenvalue weighted by Crippen LogP contribution is -2.27. The fourth-order valence-corrected chi connectivity index (χ4v) is 8.58. The largest absolute Gasteiger partial charge is 0.472 e. The Labute approximate surface area is 389 Å². The Morgan fingerprint density at radius 2 is 0.857 bits per heavy atom. The minimum Gasteiger partial charge on any atom is -0.463 e. The van der Waals surface area contributed by atoms with Gasteiger partial charge in [-0.05, 0) is 44.9 Å². The van der Waals surface area contributed by atoms with Crippen molar-refractivity contribution < 1.29 is 37.9 Å². The molecule has 0 aliphatic heterocycles. The molecule has 9 nitrogen and oxygen atoms in total. The van der Waals surface area contributed by atoms with E-state index in [0.717, 1.165) is 57.8 Å². The first-order valence-corrected chi connectivity index (χ1v) is 28.3. The molecule has 63 heavy (non-hydrogen) atoms. The molecule has 0 radical (unpaired) electrons. The molecular weight excluding hydrogens is 810 g/mol. The van der Waals surface area contributed by atoms with Gasteiger partial charge in [-0.1, -0.05) is 237 Å². The number of aliphatic hydroxyl groups excluding tert-OH is 1. The molecule has 372 valence electrons. The number of carbonyl (C=O) groups excluding carboxylic acids is 2. The number of amides is 1. The molecule has 0 aromatic carbocycles. The zero-order chi connectivity index (χ0) is 46.0. The average Bonchev–Trinajstić information content (AvgIpc) is 3.27. The first-order valence-electron chi connectivity index (χ1n) is 26.8. The highest BCUT2D eigenvalue weighted by atomic mass is 31.2. The van der Waals surface area contributed by atoms with Gasteiger partial charge in [-0.2, -0.15) is 0 Å². The summed E-state index contributed by atoms with van der Waals surface area (Å²) in [4.78, 5) is 34.1. The van der Waals surface area contributed by atoms with Crippen LogP contribution in [0.15, 0.2) is 24.3 Å². The van der Waals surface area contributed by atoms with Crippen molar-refractivity contribution in [1.82, 2.24) is 5.32 Å². The Morgan fingerprint density at radius 3 is 1.29 bits per heavy atom. The second-order valence-electron chi connectivity index (χ2n) is 18.2. The van der Waals surface area contributed by atoms with Crippen LogP contribution in [0.4, 0.5) is 0 Å². The fraction of sp³-hybridized carbons (Fsp3) is 0.887. The highest BCUT2D eigenvalue weighted by Gasteiger charge is 2.23. The summed E-state index contributed by atoms with van der Waals surface area (Å²) >= 11 is 0. The number of phosphoric acid groups is 1. The van der Waals surface area contributed by atoms with Crippen molar-refractivity contribution in [1.29, 1.82) is 0 Å². The molecule has 0 aromatic rings. The number of hydrogen-bond donors (Lipinski definition) is 3. The summed E-state index contributed by atoms with van der Waals surface area (Å²) in [5.74, 6) is -0.512. The summed E-state index contributed by atoms with van der Waals surface area (Å²) < 4.78 is 27.0. The van der Waals surface area contributed by atoms with E-state index in [1.54, 1.807) is 0 Å². The van der Waals surface area contributed by atoms with Gasteiger partial charge in [-0.3, -0.25) is 18.6 Å². The van der Waals surface area contributed by atoms with Crippen LogP contribution in [-0.4, -0.2) is 54.3 Å². The highest BCUT2D eigenvalue weighted by molar-refractivity contribution is 7.47. The van der Waals surface area contributed by atoms with Gasteiger partial charge in [0.2, 0.25) is 5.91 Å². The maximum absolute atomic E-state index is 12.2. The predicted octanol–water partition coefficient (Wildman–Crippen LogP) is 15.9. The minimum atomic E-state index is -4.42. The van der Waals surface area contributed by atoms with Crippen molar-refractivity contribution in [3.63, 3.8) is 0 Å². The number of ether oxygens (including phenoxy) is 1. The van der Waals surface area contributed by atoms with Gasteiger partial charge in [-0.15, -0.1) is 0 Å². The number of carbonyl (C=O) groups is 2. The van der Waals surface area contributed by atoms with Crippen LogP contribution in [0.5, 0.6) is 0 Å². The topological polar surface area (TPSA) is 131 Å². The second kappa shape index (κ2) is 49.9. The van der Waals surface area contributed by atoms with Crippen LogP contribution in [0.1, 0.15) is 271 Å². The third-order valence-electron chi connectivity index (χ3n) is 11.9. The van der Waals surface area contributed by atoms with Crippen molar-refractivity contribution in [3.8, 4) is 0 Å². The average molecular weight is 912 g/mol. The number of allylic oxidation sites excluding steroid dienone is 4. The Balaban J connectivity index is 3.51. The van der Waals surface area contributed by atoms with Gasteiger partial charge < -0.3 is 20.1 Å². The van der Waals surface area contributed by atoms with Gasteiger partial charge in [0.25, 0.3) is 0 Å². The lowest BCUT2D eigenvalue weighted by Gasteiger charge is -2.15. The number of esters is 1. The molecule has 0 heterocycles. The molecule has 3 N–H and O–H groups in total. The van der Waals surface area contributed by atoms with Crippen LogP contribution in [0.25, 0.3) is 0 Å². The van der Waals surface area contributed by atoms with E-state index in [1.165, 1.54) is 186 Å². The molecule has 0 bridgehead atoms. The summed E-state index contributed by atoms with van der Waals surface area (Å²) in [5, 5.41) is 12.8. The van der Waals surface area contributed by atoms with Gasteiger partial charge in [0.05, 0.1) is 13.2 Å². The summed E-state index contributed by atoms with van der Waals surface area (Å²) in [6, 6.07) is 0. The molecule has 10 heteroatoms. The Hall–Kier alpha value is -1.51. The third-order valence-corrected chi connectivity index (χ3v) is 12.9. The maximum Gasteiger partial charge on any atom is 0.472 e. The van der Waals surface area contributed by atoms with Crippen LogP contribution in [0, 0.1) is 0 Å². The molecule has 2 unspecified atom stereocenters. The van der Waals surface area contributed by atoms with E-state index in [4.69, 9.17) is 13.8 Å². The standard InChI is InChI=1S/C53H102NO8P/c1-3-5-7-9-11-13-15-17-19-21-23-24-25-26-27-28-29-31-33-35-37-39-41-43-45-52(56)54-47-48-61-63(58,59)62-50-51(55)49-60-53(57)46-44-42-40-38-36-34-32-30-22-20-18-16-14-12-10-8-6-4-2/h14,16,20,22,51,55H,3-13,15,17-19,21,23-50H2,1-2H3,(H,54,56)(H,58,59)/b16-14-,22-20-. The first kappa shape index (κ1) is 61.5. The van der Waals surface area contributed by atoms with Crippen molar-refractivity contribution in [3.05, 3.63) is 24.3 Å². The van der Waals surface area contributed by atoms with E-state index >= 15 is 0 Å². The summed E-state index contributed by atoms with van der Waals surface area (Å²) in [6.45, 7) is 3.58. The zero-order valence-corrected chi connectivity index (χ0v) is 42.2. The number of unbranched alkanes of at least 4 members (excludes halogenated alkanes) is 34. The van der Waals surface area contributed by atoms with E-state index in [-0.39, 0.29) is 32.1 Å². The van der Waals surface area contributed by atoms with Crippen LogP contribution >= 0.6 is 7.82 Å².